The summed E-state index contributed by atoms with van der Waals surface area (Å²) in [5.74, 6) is 1.97. The van der Waals surface area contributed by atoms with E-state index in [0.29, 0.717) is 23.9 Å². The van der Waals surface area contributed by atoms with Gasteiger partial charge in [0.2, 0.25) is 17.8 Å². The molecule has 3 aromatic rings. The molecule has 2 aliphatic carbocycles. The molecule has 0 spiro atoms. The van der Waals surface area contributed by atoms with Crippen LogP contribution in [0, 0.1) is 10.1 Å². The number of fused-ring (bicyclic) bond motifs is 1. The highest BCUT2D eigenvalue weighted by atomic mass is 16.6. The van der Waals surface area contributed by atoms with E-state index in [2.05, 4.69) is 44.7 Å². The third kappa shape index (κ3) is 5.89. The Labute approximate surface area is 229 Å². The molecule has 1 atom stereocenters. The van der Waals surface area contributed by atoms with Gasteiger partial charge in [-0.1, -0.05) is 43.5 Å². The number of rotatable bonds is 7. The Morgan fingerprint density at radius 1 is 0.769 bits per heavy atom. The average Bonchev–Trinajstić information content (AvgIpc) is 2.98. The van der Waals surface area contributed by atoms with Gasteiger partial charge in [-0.25, -0.2) is 0 Å². The molecule has 39 heavy (non-hydrogen) atoms. The van der Waals surface area contributed by atoms with Gasteiger partial charge in [0.15, 0.2) is 0 Å². The Kier molecular flexibility index (Phi) is 7.42. The summed E-state index contributed by atoms with van der Waals surface area (Å²) in [4.78, 5) is 29.7. The summed E-state index contributed by atoms with van der Waals surface area (Å²) in [6.45, 7) is 3.09. The molecule has 0 radical (unpaired) electrons. The van der Waals surface area contributed by atoms with Gasteiger partial charge in [-0.05, 0) is 55.4 Å². The molecule has 1 unspecified atom stereocenters. The average molecular weight is 529 g/mol. The minimum atomic E-state index is -0.362. The predicted octanol–water partition coefficient (Wildman–Crippen LogP) is 5.34. The first-order valence-corrected chi connectivity index (χ1v) is 14.2. The van der Waals surface area contributed by atoms with Crippen LogP contribution in [0.15, 0.2) is 48.5 Å². The molecule has 2 aromatic carbocycles. The molecule has 1 saturated heterocycles. The van der Waals surface area contributed by atoms with Crippen LogP contribution in [0.4, 0.5) is 29.2 Å². The SMILES string of the molecule is O=[N+]([O-])c1ccc(N2CCN(c3nc(NC4CCCCC4)nc(NC4CCCc5ccccc54)n3)CC2)cc1. The van der Waals surface area contributed by atoms with E-state index in [9.17, 15) is 10.1 Å². The molecule has 1 saturated carbocycles. The maximum Gasteiger partial charge on any atom is 0.269 e. The second kappa shape index (κ2) is 11.4. The number of nitrogens with one attached hydrogen (secondary N) is 2. The zero-order valence-electron chi connectivity index (χ0n) is 22.3. The standard InChI is InChI=1S/C29H36N8O2/c38-37(39)24-15-13-23(14-16-24)35-17-19-36(20-18-35)29-33-27(30-22-9-2-1-3-10-22)32-28(34-29)31-26-12-6-8-21-7-4-5-11-25(21)26/h4-5,7,11,13-16,22,26H,1-3,6,8-10,12,17-20H2,(H2,30,31,32,33,34). The number of hydrogen-bond donors (Lipinski definition) is 2. The number of non-ortho nitro benzene ring substituents is 1. The van der Waals surface area contributed by atoms with Crippen molar-refractivity contribution >= 4 is 29.2 Å². The Bertz CT molecular complexity index is 1290. The quantitative estimate of drug-likeness (QED) is 0.310. The summed E-state index contributed by atoms with van der Waals surface area (Å²) in [5, 5.41) is 18.3. The number of piperazine rings is 1. The Morgan fingerprint density at radius 2 is 1.46 bits per heavy atom. The van der Waals surface area contributed by atoms with Crippen molar-refractivity contribution in [3.63, 3.8) is 0 Å². The van der Waals surface area contributed by atoms with Gasteiger partial charge in [0.05, 0.1) is 11.0 Å². The minimum absolute atomic E-state index is 0.112. The van der Waals surface area contributed by atoms with Crippen molar-refractivity contribution in [3.8, 4) is 0 Å². The normalized spacial score (nSPS) is 19.8. The van der Waals surface area contributed by atoms with Gasteiger partial charge in [0.1, 0.15) is 0 Å². The Morgan fingerprint density at radius 3 is 2.21 bits per heavy atom. The van der Waals surface area contributed by atoms with Crippen molar-refractivity contribution in [3.05, 3.63) is 69.8 Å². The summed E-state index contributed by atoms with van der Waals surface area (Å²) in [5.41, 5.74) is 3.85. The van der Waals surface area contributed by atoms with Crippen LogP contribution in [0.25, 0.3) is 0 Å². The van der Waals surface area contributed by atoms with Crippen LogP contribution < -0.4 is 20.4 Å². The van der Waals surface area contributed by atoms with Crippen LogP contribution in [0.2, 0.25) is 0 Å². The van der Waals surface area contributed by atoms with Crippen molar-refractivity contribution in [2.75, 3.05) is 46.6 Å². The number of aryl methyl sites for hydroxylation is 1. The molecule has 10 nitrogen and oxygen atoms in total. The smallest absolute Gasteiger partial charge is 0.269 e. The number of hydrogen-bond acceptors (Lipinski definition) is 9. The van der Waals surface area contributed by atoms with Gasteiger partial charge < -0.3 is 20.4 Å². The molecule has 2 fully saturated rings. The van der Waals surface area contributed by atoms with E-state index in [1.165, 1.54) is 30.4 Å². The number of nitrogens with zero attached hydrogens (tertiary/aromatic N) is 6. The lowest BCUT2D eigenvalue weighted by Gasteiger charge is -2.36. The third-order valence-corrected chi connectivity index (χ3v) is 8.22. The second-order valence-corrected chi connectivity index (χ2v) is 10.8. The summed E-state index contributed by atoms with van der Waals surface area (Å²) in [6, 6.07) is 16.0. The van der Waals surface area contributed by atoms with Crippen LogP contribution >= 0.6 is 0 Å². The summed E-state index contributed by atoms with van der Waals surface area (Å²) in [6.07, 6.45) is 9.38. The first-order chi connectivity index (χ1) is 19.1. The van der Waals surface area contributed by atoms with Crippen LogP contribution in [0.3, 0.4) is 0 Å². The van der Waals surface area contributed by atoms with Crippen molar-refractivity contribution in [2.24, 2.45) is 0 Å². The van der Waals surface area contributed by atoms with Crippen molar-refractivity contribution in [1.29, 1.82) is 0 Å². The topological polar surface area (TPSA) is 112 Å². The van der Waals surface area contributed by atoms with Crippen molar-refractivity contribution < 1.29 is 4.92 Å². The van der Waals surface area contributed by atoms with E-state index < -0.39 is 0 Å². The van der Waals surface area contributed by atoms with Gasteiger partial charge in [-0.2, -0.15) is 15.0 Å². The first-order valence-electron chi connectivity index (χ1n) is 14.2. The summed E-state index contributed by atoms with van der Waals surface area (Å²) in [7, 11) is 0. The number of aromatic nitrogens is 3. The van der Waals surface area contributed by atoms with Gasteiger partial charge >= 0.3 is 0 Å². The number of benzene rings is 2. The van der Waals surface area contributed by atoms with Gasteiger partial charge in [0, 0.05) is 50.0 Å². The highest BCUT2D eigenvalue weighted by Crippen LogP contribution is 2.32. The number of anilines is 4. The maximum absolute atomic E-state index is 11.0. The Balaban J connectivity index is 1.20. The molecule has 0 amide bonds. The molecule has 6 rings (SSSR count). The number of nitro groups is 1. The summed E-state index contributed by atoms with van der Waals surface area (Å²) < 4.78 is 0. The molecule has 0 bridgehead atoms. The van der Waals surface area contributed by atoms with Crippen LogP contribution in [0.1, 0.15) is 62.1 Å². The molecule has 10 heteroatoms. The fourth-order valence-electron chi connectivity index (χ4n) is 6.07. The molecule has 2 N–H and O–H groups in total. The molecule has 1 aliphatic heterocycles. The second-order valence-electron chi connectivity index (χ2n) is 10.8. The highest BCUT2D eigenvalue weighted by molar-refractivity contribution is 5.53. The number of nitro benzene ring substituents is 1. The van der Waals surface area contributed by atoms with E-state index in [1.807, 2.05) is 12.1 Å². The monoisotopic (exact) mass is 528 g/mol. The lowest BCUT2D eigenvalue weighted by atomic mass is 9.88. The zero-order chi connectivity index (χ0) is 26.6. The molecular formula is C29H36N8O2. The Hall–Kier alpha value is -3.95. The molecular weight excluding hydrogens is 492 g/mol. The third-order valence-electron chi connectivity index (χ3n) is 8.22. The van der Waals surface area contributed by atoms with E-state index in [1.54, 1.807) is 12.1 Å². The molecule has 204 valence electrons. The zero-order valence-corrected chi connectivity index (χ0v) is 22.3. The van der Waals surface area contributed by atoms with Crippen LogP contribution in [-0.2, 0) is 6.42 Å². The van der Waals surface area contributed by atoms with Gasteiger partial charge in [-0.3, -0.25) is 10.1 Å². The minimum Gasteiger partial charge on any atom is -0.368 e. The van der Waals surface area contributed by atoms with E-state index in [4.69, 9.17) is 15.0 Å². The largest absolute Gasteiger partial charge is 0.368 e. The maximum atomic E-state index is 11.0. The van der Waals surface area contributed by atoms with Crippen molar-refractivity contribution in [2.45, 2.75) is 63.5 Å². The van der Waals surface area contributed by atoms with Gasteiger partial charge in [-0.15, -0.1) is 0 Å². The van der Waals surface area contributed by atoms with Crippen molar-refractivity contribution in [1.82, 2.24) is 15.0 Å². The lowest BCUT2D eigenvalue weighted by Crippen LogP contribution is -2.47. The fraction of sp³-hybridized carbons (Fsp3) is 0.483. The van der Waals surface area contributed by atoms with Crippen LogP contribution in [0.5, 0.6) is 0 Å². The van der Waals surface area contributed by atoms with E-state index in [-0.39, 0.29) is 16.7 Å². The van der Waals surface area contributed by atoms with Gasteiger partial charge in [0.25, 0.3) is 5.69 Å². The van der Waals surface area contributed by atoms with E-state index >= 15 is 0 Å². The van der Waals surface area contributed by atoms with E-state index in [0.717, 1.165) is 64.0 Å². The lowest BCUT2D eigenvalue weighted by molar-refractivity contribution is -0.384. The van der Waals surface area contributed by atoms with Crippen LogP contribution in [-0.4, -0.2) is 52.1 Å². The molecule has 3 aliphatic rings. The highest BCUT2D eigenvalue weighted by Gasteiger charge is 2.25. The summed E-state index contributed by atoms with van der Waals surface area (Å²) >= 11 is 0. The first kappa shape index (κ1) is 25.3. The predicted molar refractivity (Wildman–Crippen MR) is 154 cm³/mol. The fourth-order valence-corrected chi connectivity index (χ4v) is 6.07. The molecule has 1 aromatic heterocycles. The molecule has 2 heterocycles.